The second-order valence-corrected chi connectivity index (χ2v) is 8.48. The number of halogens is 1. The molecule has 1 aliphatic heterocycles. The Bertz CT molecular complexity index is 1160. The molecule has 0 radical (unpaired) electrons. The molecule has 28 heavy (non-hydrogen) atoms. The van der Waals surface area contributed by atoms with Crippen molar-refractivity contribution >= 4 is 33.1 Å². The van der Waals surface area contributed by atoms with Crippen LogP contribution in [-0.2, 0) is 16.4 Å². The zero-order valence-corrected chi connectivity index (χ0v) is 16.3. The number of benzene rings is 3. The quantitative estimate of drug-likeness (QED) is 0.633. The van der Waals surface area contributed by atoms with Crippen molar-refractivity contribution in [2.75, 3.05) is 11.3 Å². The van der Waals surface area contributed by atoms with Crippen molar-refractivity contribution in [3.8, 4) is 5.75 Å². The Balaban J connectivity index is 1.71. The van der Waals surface area contributed by atoms with E-state index in [9.17, 15) is 13.2 Å². The van der Waals surface area contributed by atoms with E-state index in [1.807, 2.05) is 0 Å². The minimum absolute atomic E-state index is 0.0706. The van der Waals surface area contributed by atoms with E-state index >= 15 is 0 Å². The highest BCUT2D eigenvalue weighted by Gasteiger charge is 2.22. The molecule has 0 fully saturated rings. The topological polar surface area (TPSA) is 72.5 Å². The van der Waals surface area contributed by atoms with Crippen molar-refractivity contribution in [2.45, 2.75) is 11.3 Å². The van der Waals surface area contributed by atoms with E-state index in [2.05, 4.69) is 4.72 Å². The fraction of sp³-hybridized carbons (Fsp3) is 0.0952. The van der Waals surface area contributed by atoms with E-state index in [-0.39, 0.29) is 21.9 Å². The molecule has 0 bridgehead atoms. The zero-order valence-electron chi connectivity index (χ0n) is 14.7. The van der Waals surface area contributed by atoms with Crippen LogP contribution in [0.5, 0.6) is 5.75 Å². The number of rotatable bonds is 5. The first-order valence-electron chi connectivity index (χ1n) is 8.62. The Morgan fingerprint density at radius 2 is 1.79 bits per heavy atom. The lowest BCUT2D eigenvalue weighted by Gasteiger charge is -2.13. The molecule has 142 valence electrons. The van der Waals surface area contributed by atoms with Gasteiger partial charge in [0.2, 0.25) is 0 Å². The van der Waals surface area contributed by atoms with Crippen molar-refractivity contribution in [2.24, 2.45) is 0 Å². The molecule has 0 saturated heterocycles. The zero-order chi connectivity index (χ0) is 19.7. The predicted molar refractivity (Wildman–Crippen MR) is 108 cm³/mol. The highest BCUT2D eigenvalue weighted by Crippen LogP contribution is 2.30. The maximum absolute atomic E-state index is 12.9. The van der Waals surface area contributed by atoms with E-state index in [1.54, 1.807) is 36.4 Å². The second-order valence-electron chi connectivity index (χ2n) is 6.36. The molecule has 4 rings (SSSR count). The van der Waals surface area contributed by atoms with Crippen LogP contribution in [0.1, 0.15) is 21.5 Å². The Morgan fingerprint density at radius 3 is 2.57 bits per heavy atom. The maximum Gasteiger partial charge on any atom is 0.262 e. The molecule has 3 aromatic carbocycles. The Hall–Kier alpha value is -2.83. The lowest BCUT2D eigenvalue weighted by molar-refractivity contribution is 0.103. The van der Waals surface area contributed by atoms with Crippen LogP contribution in [-0.4, -0.2) is 20.8 Å². The summed E-state index contributed by atoms with van der Waals surface area (Å²) in [6.07, 6.45) is 0.760. The van der Waals surface area contributed by atoms with E-state index in [0.717, 1.165) is 12.0 Å². The van der Waals surface area contributed by atoms with Crippen LogP contribution >= 0.6 is 11.6 Å². The number of hydrogen-bond donors (Lipinski definition) is 1. The van der Waals surface area contributed by atoms with Crippen LogP contribution in [0.15, 0.2) is 71.6 Å². The standard InChI is InChI=1S/C21H16ClNO4S/c22-16-7-9-19(18(12-16)21(24)15-4-2-1-3-5-15)23-28(25,26)17-8-6-14-10-11-27-20(14)13-17/h1-9,12-13,23H,10-11H2. The average Bonchev–Trinajstić information content (AvgIpc) is 3.17. The summed E-state index contributed by atoms with van der Waals surface area (Å²) < 4.78 is 33.7. The molecule has 1 N–H and O–H groups in total. The summed E-state index contributed by atoms with van der Waals surface area (Å²) in [6, 6.07) is 17.9. The second kappa shape index (κ2) is 7.30. The molecule has 3 aromatic rings. The predicted octanol–water partition coefficient (Wildman–Crippen LogP) is 4.31. The van der Waals surface area contributed by atoms with Crippen LogP contribution < -0.4 is 9.46 Å². The number of carbonyl (C=O) groups excluding carboxylic acids is 1. The van der Waals surface area contributed by atoms with Crippen molar-refractivity contribution in [3.63, 3.8) is 0 Å². The minimum Gasteiger partial charge on any atom is -0.493 e. The summed E-state index contributed by atoms with van der Waals surface area (Å²) in [5.41, 5.74) is 1.76. The van der Waals surface area contributed by atoms with Gasteiger partial charge >= 0.3 is 0 Å². The van der Waals surface area contributed by atoms with Crippen LogP contribution in [0.3, 0.4) is 0 Å². The molecule has 0 aliphatic carbocycles. The molecule has 7 heteroatoms. The van der Waals surface area contributed by atoms with Gasteiger partial charge in [0, 0.05) is 28.6 Å². The fourth-order valence-electron chi connectivity index (χ4n) is 3.06. The van der Waals surface area contributed by atoms with Crippen molar-refractivity contribution in [1.29, 1.82) is 0 Å². The number of sulfonamides is 1. The Morgan fingerprint density at radius 1 is 1.00 bits per heavy atom. The first kappa shape index (κ1) is 18.5. The van der Waals surface area contributed by atoms with Gasteiger partial charge in [0.05, 0.1) is 17.2 Å². The number of carbonyl (C=O) groups is 1. The van der Waals surface area contributed by atoms with Crippen molar-refractivity contribution in [3.05, 3.63) is 88.4 Å². The number of nitrogens with one attached hydrogen (secondary N) is 1. The number of ketones is 1. The van der Waals surface area contributed by atoms with Gasteiger partial charge in [0.1, 0.15) is 5.75 Å². The molecule has 1 heterocycles. The SMILES string of the molecule is O=C(c1ccccc1)c1cc(Cl)ccc1NS(=O)(=O)c1ccc2c(c1)OCC2. The summed E-state index contributed by atoms with van der Waals surface area (Å²) in [4.78, 5) is 13.0. The van der Waals surface area contributed by atoms with Crippen molar-refractivity contribution < 1.29 is 17.9 Å². The number of hydrogen-bond acceptors (Lipinski definition) is 4. The van der Waals surface area contributed by atoms with Gasteiger partial charge in [-0.05, 0) is 29.8 Å². The molecule has 0 spiro atoms. The summed E-state index contributed by atoms with van der Waals surface area (Å²) in [5, 5.41) is 0.341. The van der Waals surface area contributed by atoms with E-state index in [1.165, 1.54) is 30.3 Å². The highest BCUT2D eigenvalue weighted by molar-refractivity contribution is 7.92. The van der Waals surface area contributed by atoms with Crippen LogP contribution in [0.2, 0.25) is 5.02 Å². The van der Waals surface area contributed by atoms with Gasteiger partial charge in [0.25, 0.3) is 10.0 Å². The van der Waals surface area contributed by atoms with E-state index < -0.39 is 10.0 Å². The molecular weight excluding hydrogens is 398 g/mol. The van der Waals surface area contributed by atoms with Gasteiger partial charge < -0.3 is 4.74 Å². The molecule has 0 aromatic heterocycles. The third-order valence-electron chi connectivity index (χ3n) is 4.48. The Kier molecular flexibility index (Phi) is 4.83. The Labute approximate surface area is 168 Å². The van der Waals surface area contributed by atoms with E-state index in [0.29, 0.717) is 22.9 Å². The van der Waals surface area contributed by atoms with Crippen molar-refractivity contribution in [1.82, 2.24) is 0 Å². The highest BCUT2D eigenvalue weighted by atomic mass is 35.5. The minimum atomic E-state index is -3.91. The third kappa shape index (κ3) is 3.61. The number of fused-ring (bicyclic) bond motifs is 1. The van der Waals surface area contributed by atoms with Crippen LogP contribution in [0.4, 0.5) is 5.69 Å². The molecule has 1 aliphatic rings. The molecule has 0 unspecified atom stereocenters. The summed E-state index contributed by atoms with van der Waals surface area (Å²) >= 11 is 6.05. The molecular formula is C21H16ClNO4S. The van der Waals surface area contributed by atoms with Gasteiger partial charge in [-0.3, -0.25) is 9.52 Å². The van der Waals surface area contributed by atoms with Gasteiger partial charge in [0.15, 0.2) is 5.78 Å². The molecule has 0 saturated carbocycles. The average molecular weight is 414 g/mol. The lowest BCUT2D eigenvalue weighted by atomic mass is 10.0. The summed E-state index contributed by atoms with van der Waals surface area (Å²) in [6.45, 7) is 0.541. The van der Waals surface area contributed by atoms with E-state index in [4.69, 9.17) is 16.3 Å². The van der Waals surface area contributed by atoms with Gasteiger partial charge in [-0.25, -0.2) is 8.42 Å². The third-order valence-corrected chi connectivity index (χ3v) is 6.08. The maximum atomic E-state index is 12.9. The van der Waals surface area contributed by atoms with Gasteiger partial charge in [-0.15, -0.1) is 0 Å². The molecule has 5 nitrogen and oxygen atoms in total. The summed E-state index contributed by atoms with van der Waals surface area (Å²) in [7, 11) is -3.91. The molecule has 0 amide bonds. The monoisotopic (exact) mass is 413 g/mol. The normalized spacial score (nSPS) is 12.9. The number of ether oxygens (including phenoxy) is 1. The number of anilines is 1. The van der Waals surface area contributed by atoms with Gasteiger partial charge in [-0.1, -0.05) is 48.0 Å². The first-order valence-corrected chi connectivity index (χ1v) is 10.5. The first-order chi connectivity index (χ1) is 13.4. The fourth-order valence-corrected chi connectivity index (χ4v) is 4.32. The largest absolute Gasteiger partial charge is 0.493 e. The lowest BCUT2D eigenvalue weighted by Crippen LogP contribution is -2.16. The molecule has 0 atom stereocenters. The van der Waals surface area contributed by atoms with Gasteiger partial charge in [-0.2, -0.15) is 0 Å². The smallest absolute Gasteiger partial charge is 0.262 e. The van der Waals surface area contributed by atoms with Crippen LogP contribution in [0, 0.1) is 0 Å². The summed E-state index contributed by atoms with van der Waals surface area (Å²) in [5.74, 6) is 0.248. The van der Waals surface area contributed by atoms with Crippen LogP contribution in [0.25, 0.3) is 0 Å².